The van der Waals surface area contributed by atoms with Crippen LogP contribution in [0.2, 0.25) is 0 Å². The highest BCUT2D eigenvalue weighted by atomic mass is 16.2. The number of amides is 2. The second-order valence-electron chi connectivity index (χ2n) is 7.08. The highest BCUT2D eigenvalue weighted by Crippen LogP contribution is 2.30. The minimum Gasteiger partial charge on any atom is -0.347 e. The molecule has 1 aromatic heterocycles. The maximum absolute atomic E-state index is 12.8. The van der Waals surface area contributed by atoms with Gasteiger partial charge in [0.1, 0.15) is 0 Å². The minimum absolute atomic E-state index is 0.136. The highest BCUT2D eigenvalue weighted by Gasteiger charge is 2.40. The van der Waals surface area contributed by atoms with E-state index in [0.29, 0.717) is 32.1 Å². The number of fused-ring (bicyclic) bond motifs is 1. The van der Waals surface area contributed by atoms with Crippen molar-refractivity contribution in [3.05, 3.63) is 17.7 Å². The number of hydrogen-bond donors (Lipinski definition) is 1. The first-order valence-electron chi connectivity index (χ1n) is 8.82. The summed E-state index contributed by atoms with van der Waals surface area (Å²) in [5.74, 6) is 0.153. The minimum atomic E-state index is -0.158. The number of hydrogen-bond acceptors (Lipinski definition) is 3. The van der Waals surface area contributed by atoms with Gasteiger partial charge in [0.15, 0.2) is 0 Å². The molecule has 6 nitrogen and oxygen atoms in total. The van der Waals surface area contributed by atoms with Gasteiger partial charge in [-0.25, -0.2) is 4.98 Å². The molecule has 1 atom stereocenters. The molecule has 1 saturated carbocycles. The van der Waals surface area contributed by atoms with Gasteiger partial charge in [0, 0.05) is 32.0 Å². The summed E-state index contributed by atoms with van der Waals surface area (Å²) in [7, 11) is 0. The van der Waals surface area contributed by atoms with Gasteiger partial charge in [-0.15, -0.1) is 0 Å². The normalized spacial score (nSPS) is 25.7. The van der Waals surface area contributed by atoms with Crippen molar-refractivity contribution in [3.63, 3.8) is 0 Å². The number of H-pyrrole nitrogens is 1. The summed E-state index contributed by atoms with van der Waals surface area (Å²) >= 11 is 0. The second-order valence-corrected chi connectivity index (χ2v) is 7.08. The summed E-state index contributed by atoms with van der Waals surface area (Å²) in [6.07, 6.45) is 8.80. The molecule has 124 valence electrons. The Kier molecular flexibility index (Phi) is 3.83. The van der Waals surface area contributed by atoms with Crippen LogP contribution in [0.4, 0.5) is 0 Å². The number of aromatic amines is 1. The van der Waals surface area contributed by atoms with Gasteiger partial charge in [-0.1, -0.05) is 19.3 Å². The van der Waals surface area contributed by atoms with Crippen LogP contribution in [-0.4, -0.2) is 50.7 Å². The maximum atomic E-state index is 12.8. The van der Waals surface area contributed by atoms with Crippen molar-refractivity contribution >= 4 is 11.8 Å². The Bertz CT molecular complexity index is 605. The lowest BCUT2D eigenvalue weighted by Crippen LogP contribution is -2.42. The number of imidazole rings is 1. The van der Waals surface area contributed by atoms with Crippen molar-refractivity contribution < 1.29 is 9.59 Å². The molecule has 2 aliphatic heterocycles. The number of nitrogens with zero attached hydrogens (tertiary/aromatic N) is 3. The summed E-state index contributed by atoms with van der Waals surface area (Å²) in [6, 6.07) is 0.370. The van der Waals surface area contributed by atoms with E-state index in [9.17, 15) is 9.59 Å². The lowest BCUT2D eigenvalue weighted by atomic mass is 9.94. The molecule has 0 radical (unpaired) electrons. The fourth-order valence-corrected chi connectivity index (χ4v) is 4.30. The van der Waals surface area contributed by atoms with Crippen molar-refractivity contribution in [2.45, 2.75) is 57.5 Å². The second kappa shape index (κ2) is 5.98. The number of aromatic nitrogens is 2. The summed E-state index contributed by atoms with van der Waals surface area (Å²) in [5, 5.41) is 0. The SMILES string of the molecule is O=C(C1CC(=O)N(C2CCCCC2)C1)N1CCc2nc[nH]c2C1. The third kappa shape index (κ3) is 2.75. The van der Waals surface area contributed by atoms with Crippen molar-refractivity contribution in [2.24, 2.45) is 5.92 Å². The predicted octanol–water partition coefficient (Wildman–Crippen LogP) is 1.48. The van der Waals surface area contributed by atoms with Crippen molar-refractivity contribution in [1.29, 1.82) is 0 Å². The largest absolute Gasteiger partial charge is 0.347 e. The number of nitrogens with one attached hydrogen (secondary N) is 1. The van der Waals surface area contributed by atoms with Gasteiger partial charge in [-0.3, -0.25) is 9.59 Å². The van der Waals surface area contributed by atoms with Gasteiger partial charge < -0.3 is 14.8 Å². The molecule has 0 spiro atoms. The van der Waals surface area contributed by atoms with E-state index < -0.39 is 0 Å². The number of carbonyl (C=O) groups is 2. The smallest absolute Gasteiger partial charge is 0.228 e. The summed E-state index contributed by atoms with van der Waals surface area (Å²) in [5.41, 5.74) is 2.11. The number of rotatable bonds is 2. The monoisotopic (exact) mass is 316 g/mol. The molecule has 0 bridgehead atoms. The number of carbonyl (C=O) groups excluding carboxylic acids is 2. The standard InChI is InChI=1S/C17H24N4O2/c22-16-8-12(9-21(16)13-4-2-1-3-5-13)17(23)20-7-6-14-15(10-20)19-11-18-14/h11-13H,1-10H2,(H,18,19). The molecule has 1 saturated heterocycles. The Labute approximate surface area is 136 Å². The van der Waals surface area contributed by atoms with E-state index in [-0.39, 0.29) is 17.7 Å². The van der Waals surface area contributed by atoms with Crippen molar-refractivity contribution in [2.75, 3.05) is 13.1 Å². The first-order chi connectivity index (χ1) is 11.2. The zero-order chi connectivity index (χ0) is 15.8. The van der Waals surface area contributed by atoms with Crippen molar-refractivity contribution in [3.8, 4) is 0 Å². The van der Waals surface area contributed by atoms with E-state index in [2.05, 4.69) is 9.97 Å². The van der Waals surface area contributed by atoms with E-state index in [1.807, 2.05) is 9.80 Å². The van der Waals surface area contributed by atoms with E-state index in [1.165, 1.54) is 19.3 Å². The van der Waals surface area contributed by atoms with Crippen LogP contribution in [0.1, 0.15) is 49.9 Å². The molecule has 1 N–H and O–H groups in total. The molecule has 2 fully saturated rings. The maximum Gasteiger partial charge on any atom is 0.228 e. The third-order valence-corrected chi connectivity index (χ3v) is 5.61. The molecule has 3 aliphatic rings. The van der Waals surface area contributed by atoms with Gasteiger partial charge in [0.2, 0.25) is 11.8 Å². The van der Waals surface area contributed by atoms with Gasteiger partial charge >= 0.3 is 0 Å². The van der Waals surface area contributed by atoms with Crippen LogP contribution in [0.3, 0.4) is 0 Å². The fraction of sp³-hybridized carbons (Fsp3) is 0.706. The fourth-order valence-electron chi connectivity index (χ4n) is 4.30. The molecule has 1 unspecified atom stereocenters. The molecular formula is C17H24N4O2. The highest BCUT2D eigenvalue weighted by molar-refractivity contribution is 5.89. The van der Waals surface area contributed by atoms with Gasteiger partial charge in [-0.05, 0) is 12.8 Å². The summed E-state index contributed by atoms with van der Waals surface area (Å²) in [6.45, 7) is 1.93. The van der Waals surface area contributed by atoms with Crippen LogP contribution >= 0.6 is 0 Å². The van der Waals surface area contributed by atoms with Crippen LogP contribution < -0.4 is 0 Å². The Morgan fingerprint density at radius 1 is 1.26 bits per heavy atom. The lowest BCUT2D eigenvalue weighted by molar-refractivity contribution is -0.136. The molecule has 0 aromatic carbocycles. The molecule has 1 aliphatic carbocycles. The lowest BCUT2D eigenvalue weighted by Gasteiger charge is -2.32. The Morgan fingerprint density at radius 2 is 2.09 bits per heavy atom. The average Bonchev–Trinajstić information content (AvgIpc) is 3.20. The predicted molar refractivity (Wildman–Crippen MR) is 84.4 cm³/mol. The molecule has 4 rings (SSSR count). The topological polar surface area (TPSA) is 69.3 Å². The van der Waals surface area contributed by atoms with Crippen LogP contribution in [0, 0.1) is 5.92 Å². The zero-order valence-electron chi connectivity index (χ0n) is 13.5. The summed E-state index contributed by atoms with van der Waals surface area (Å²) < 4.78 is 0. The van der Waals surface area contributed by atoms with Gasteiger partial charge in [0.05, 0.1) is 30.2 Å². The Balaban J connectivity index is 1.41. The van der Waals surface area contributed by atoms with Crippen LogP contribution in [0.5, 0.6) is 0 Å². The molecule has 3 heterocycles. The molecule has 6 heteroatoms. The third-order valence-electron chi connectivity index (χ3n) is 5.61. The Morgan fingerprint density at radius 3 is 2.91 bits per heavy atom. The number of likely N-dealkylation sites (tertiary alicyclic amines) is 1. The van der Waals surface area contributed by atoms with E-state index in [1.54, 1.807) is 6.33 Å². The molecule has 2 amide bonds. The Hall–Kier alpha value is -1.85. The zero-order valence-corrected chi connectivity index (χ0v) is 13.5. The molecular weight excluding hydrogens is 292 g/mol. The van der Waals surface area contributed by atoms with Crippen molar-refractivity contribution in [1.82, 2.24) is 19.8 Å². The molecule has 23 heavy (non-hydrogen) atoms. The first kappa shape index (κ1) is 14.7. The van der Waals surface area contributed by atoms with E-state index >= 15 is 0 Å². The van der Waals surface area contributed by atoms with E-state index in [4.69, 9.17) is 0 Å². The summed E-state index contributed by atoms with van der Waals surface area (Å²) in [4.78, 5) is 36.5. The quantitative estimate of drug-likeness (QED) is 0.898. The van der Waals surface area contributed by atoms with Crippen LogP contribution in [0.15, 0.2) is 6.33 Å². The van der Waals surface area contributed by atoms with E-state index in [0.717, 1.165) is 30.7 Å². The van der Waals surface area contributed by atoms with Gasteiger partial charge in [-0.2, -0.15) is 0 Å². The average molecular weight is 316 g/mol. The van der Waals surface area contributed by atoms with Crippen LogP contribution in [-0.2, 0) is 22.6 Å². The molecule has 1 aromatic rings. The van der Waals surface area contributed by atoms with Crippen LogP contribution in [0.25, 0.3) is 0 Å². The van der Waals surface area contributed by atoms with Gasteiger partial charge in [0.25, 0.3) is 0 Å². The first-order valence-corrected chi connectivity index (χ1v) is 8.82.